The van der Waals surface area contributed by atoms with Gasteiger partial charge in [-0.25, -0.2) is 4.39 Å². The second-order valence-electron chi connectivity index (χ2n) is 7.17. The quantitative estimate of drug-likeness (QED) is 0.792. The summed E-state index contributed by atoms with van der Waals surface area (Å²) in [5.41, 5.74) is 0.713. The minimum Gasteiger partial charge on any atom is -0.378 e. The van der Waals surface area contributed by atoms with Crippen LogP contribution in [0.25, 0.3) is 10.1 Å². The zero-order valence-corrected chi connectivity index (χ0v) is 16.2. The number of benzene rings is 1. The third kappa shape index (κ3) is 3.46. The van der Waals surface area contributed by atoms with Crippen LogP contribution < -0.4 is 0 Å². The van der Waals surface area contributed by atoms with Crippen LogP contribution in [0.1, 0.15) is 28.1 Å². The first kappa shape index (κ1) is 18.4. The number of carbonyl (C=O) groups excluding carboxylic acids is 2. The van der Waals surface area contributed by atoms with Crippen molar-refractivity contribution in [2.75, 3.05) is 39.4 Å². The summed E-state index contributed by atoms with van der Waals surface area (Å²) in [5.74, 6) is -0.168. The van der Waals surface area contributed by atoms with E-state index in [2.05, 4.69) is 0 Å². The van der Waals surface area contributed by atoms with E-state index in [0.717, 1.165) is 4.70 Å². The highest BCUT2D eigenvalue weighted by atomic mass is 32.1. The molecule has 0 radical (unpaired) electrons. The van der Waals surface area contributed by atoms with E-state index in [1.165, 1.54) is 17.4 Å². The molecule has 3 heterocycles. The fourth-order valence-electron chi connectivity index (χ4n) is 3.97. The molecule has 1 aromatic heterocycles. The normalized spacial score (nSPS) is 18.9. The maximum Gasteiger partial charge on any atom is 0.264 e. The average Bonchev–Trinajstić information content (AvgIpc) is 3.05. The number of aryl methyl sites for hydroxylation is 1. The fourth-order valence-corrected chi connectivity index (χ4v) is 5.16. The molecule has 0 atom stereocenters. The van der Waals surface area contributed by atoms with Crippen molar-refractivity contribution in [2.45, 2.75) is 19.8 Å². The first-order valence-corrected chi connectivity index (χ1v) is 10.2. The van der Waals surface area contributed by atoms with Gasteiger partial charge in [-0.1, -0.05) is 6.07 Å². The second kappa shape index (κ2) is 7.56. The van der Waals surface area contributed by atoms with Gasteiger partial charge in [-0.15, -0.1) is 11.3 Å². The molecular weight excluding hydrogens is 367 g/mol. The largest absolute Gasteiger partial charge is 0.378 e. The van der Waals surface area contributed by atoms with Crippen molar-refractivity contribution >= 4 is 33.2 Å². The molecule has 1 aromatic carbocycles. The van der Waals surface area contributed by atoms with Crippen LogP contribution in [0, 0.1) is 18.7 Å². The Hall–Kier alpha value is -1.99. The number of hydrogen-bond acceptors (Lipinski definition) is 4. The number of likely N-dealkylation sites (tertiary alicyclic amines) is 1. The second-order valence-corrected chi connectivity index (χ2v) is 8.23. The van der Waals surface area contributed by atoms with Gasteiger partial charge in [0.05, 0.1) is 18.1 Å². The lowest BCUT2D eigenvalue weighted by Crippen LogP contribution is -2.47. The Labute approximate surface area is 161 Å². The summed E-state index contributed by atoms with van der Waals surface area (Å²) in [7, 11) is 0. The first-order chi connectivity index (χ1) is 13.1. The lowest BCUT2D eigenvalue weighted by Gasteiger charge is -2.35. The summed E-state index contributed by atoms with van der Waals surface area (Å²) in [5, 5.41) is 0.545. The molecule has 0 bridgehead atoms. The fraction of sp³-hybridized carbons (Fsp3) is 0.500. The van der Waals surface area contributed by atoms with E-state index in [-0.39, 0.29) is 23.5 Å². The van der Waals surface area contributed by atoms with Gasteiger partial charge in [0.25, 0.3) is 5.91 Å². The van der Waals surface area contributed by atoms with Crippen molar-refractivity contribution in [3.05, 3.63) is 34.5 Å². The average molecular weight is 390 g/mol. The maximum atomic E-state index is 14.1. The topological polar surface area (TPSA) is 49.9 Å². The number of fused-ring (bicyclic) bond motifs is 1. The van der Waals surface area contributed by atoms with Gasteiger partial charge in [-0.3, -0.25) is 9.59 Å². The highest BCUT2D eigenvalue weighted by Gasteiger charge is 2.32. The van der Waals surface area contributed by atoms with E-state index in [4.69, 9.17) is 4.74 Å². The SMILES string of the molecule is Cc1c(C(=O)N2CCC(C(=O)N3CCOCC3)CC2)sc2cccc(F)c12. The molecule has 0 unspecified atom stereocenters. The number of ether oxygens (including phenoxy) is 1. The molecule has 2 amide bonds. The minimum atomic E-state index is -0.282. The molecule has 2 saturated heterocycles. The Balaban J connectivity index is 1.44. The van der Waals surface area contributed by atoms with Gasteiger partial charge in [0.2, 0.25) is 5.91 Å². The van der Waals surface area contributed by atoms with Crippen molar-refractivity contribution in [3.8, 4) is 0 Å². The Bertz CT molecular complexity index is 867. The van der Waals surface area contributed by atoms with Crippen molar-refractivity contribution < 1.29 is 18.7 Å². The highest BCUT2D eigenvalue weighted by Crippen LogP contribution is 2.34. The van der Waals surface area contributed by atoms with Gasteiger partial charge in [-0.05, 0) is 37.5 Å². The Morgan fingerprint density at radius 3 is 2.48 bits per heavy atom. The van der Waals surface area contributed by atoms with Crippen LogP contribution >= 0.6 is 11.3 Å². The maximum absolute atomic E-state index is 14.1. The zero-order chi connectivity index (χ0) is 19.0. The first-order valence-electron chi connectivity index (χ1n) is 9.39. The lowest BCUT2D eigenvalue weighted by atomic mass is 9.95. The molecule has 2 aliphatic rings. The van der Waals surface area contributed by atoms with Crippen LogP contribution in [0.2, 0.25) is 0 Å². The summed E-state index contributed by atoms with van der Waals surface area (Å²) in [6, 6.07) is 4.95. The van der Waals surface area contributed by atoms with Crippen molar-refractivity contribution in [1.82, 2.24) is 9.80 Å². The van der Waals surface area contributed by atoms with Crippen LogP contribution in [-0.2, 0) is 9.53 Å². The molecule has 7 heteroatoms. The molecule has 144 valence electrons. The number of halogens is 1. The zero-order valence-electron chi connectivity index (χ0n) is 15.4. The van der Waals surface area contributed by atoms with Gasteiger partial charge >= 0.3 is 0 Å². The summed E-state index contributed by atoms with van der Waals surface area (Å²) in [4.78, 5) is 29.9. The highest BCUT2D eigenvalue weighted by molar-refractivity contribution is 7.21. The Morgan fingerprint density at radius 2 is 1.81 bits per heavy atom. The molecule has 0 saturated carbocycles. The van der Waals surface area contributed by atoms with Gasteiger partial charge < -0.3 is 14.5 Å². The van der Waals surface area contributed by atoms with Crippen molar-refractivity contribution in [3.63, 3.8) is 0 Å². The number of nitrogens with zero attached hydrogens (tertiary/aromatic N) is 2. The molecule has 2 fully saturated rings. The van der Waals surface area contributed by atoms with Gasteiger partial charge in [-0.2, -0.15) is 0 Å². The summed E-state index contributed by atoms with van der Waals surface area (Å²) >= 11 is 1.35. The number of thiophene rings is 1. The molecule has 27 heavy (non-hydrogen) atoms. The van der Waals surface area contributed by atoms with E-state index in [0.29, 0.717) is 68.1 Å². The van der Waals surface area contributed by atoms with E-state index in [1.54, 1.807) is 11.0 Å². The number of hydrogen-bond donors (Lipinski definition) is 0. The lowest BCUT2D eigenvalue weighted by molar-refractivity contribution is -0.141. The molecule has 4 rings (SSSR count). The smallest absolute Gasteiger partial charge is 0.264 e. The predicted molar refractivity (Wildman–Crippen MR) is 103 cm³/mol. The predicted octanol–water partition coefficient (Wildman–Crippen LogP) is 3.06. The third-order valence-electron chi connectivity index (χ3n) is 5.55. The molecule has 2 aliphatic heterocycles. The van der Waals surface area contributed by atoms with E-state index in [9.17, 15) is 14.0 Å². The van der Waals surface area contributed by atoms with Crippen LogP contribution in [0.3, 0.4) is 0 Å². The van der Waals surface area contributed by atoms with Crippen molar-refractivity contribution in [2.24, 2.45) is 5.92 Å². The molecule has 0 N–H and O–H groups in total. The van der Waals surface area contributed by atoms with E-state index in [1.807, 2.05) is 17.9 Å². The number of amides is 2. The van der Waals surface area contributed by atoms with Crippen molar-refractivity contribution in [1.29, 1.82) is 0 Å². The van der Waals surface area contributed by atoms with E-state index < -0.39 is 0 Å². The number of piperidine rings is 1. The molecule has 0 aliphatic carbocycles. The third-order valence-corrected chi connectivity index (χ3v) is 6.80. The van der Waals surface area contributed by atoms with Crippen LogP contribution in [0.4, 0.5) is 4.39 Å². The molecule has 5 nitrogen and oxygen atoms in total. The summed E-state index contributed by atoms with van der Waals surface area (Å²) in [6.45, 7) is 5.46. The van der Waals surface area contributed by atoms with Gasteiger partial charge in [0, 0.05) is 42.2 Å². The number of rotatable bonds is 2. The minimum absolute atomic E-state index is 0.0203. The summed E-state index contributed by atoms with van der Waals surface area (Å²) in [6.07, 6.45) is 1.36. The monoisotopic (exact) mass is 390 g/mol. The van der Waals surface area contributed by atoms with Crippen LogP contribution in [0.15, 0.2) is 18.2 Å². The van der Waals surface area contributed by atoms with Gasteiger partial charge in [0.15, 0.2) is 0 Å². The summed E-state index contributed by atoms with van der Waals surface area (Å²) < 4.78 is 20.2. The van der Waals surface area contributed by atoms with Gasteiger partial charge in [0.1, 0.15) is 5.82 Å². The number of morpholine rings is 1. The molecule has 2 aromatic rings. The Kier molecular flexibility index (Phi) is 5.14. The Morgan fingerprint density at radius 1 is 1.11 bits per heavy atom. The van der Waals surface area contributed by atoms with Crippen LogP contribution in [-0.4, -0.2) is 61.0 Å². The van der Waals surface area contributed by atoms with Crippen LogP contribution in [0.5, 0.6) is 0 Å². The van der Waals surface area contributed by atoms with E-state index >= 15 is 0 Å². The molecular formula is C20H23FN2O3S. The number of carbonyl (C=O) groups is 2. The molecule has 0 spiro atoms. The standard InChI is InChI=1S/C20H23FN2O3S/c1-13-17-15(21)3-2-4-16(17)27-18(13)20(25)22-7-5-14(6-8-22)19(24)23-9-11-26-12-10-23/h2-4,14H,5-12H2,1H3.